The number of hydrogen-bond acceptors (Lipinski definition) is 2. The molecule has 0 radical (unpaired) electrons. The largest absolute Gasteiger partial charge is 0.426 e. The normalized spacial score (nSPS) is 38.9. The zero-order valence-corrected chi connectivity index (χ0v) is 20.5. The topological polar surface area (TPSA) is 40.5 Å². The van der Waals surface area contributed by atoms with Gasteiger partial charge in [0.25, 0.3) is 5.60 Å². The van der Waals surface area contributed by atoms with Gasteiger partial charge in [-0.3, -0.25) is 0 Å². The maximum absolute atomic E-state index is 13.0. The lowest BCUT2D eigenvalue weighted by Gasteiger charge is -2.55. The second-order valence-electron chi connectivity index (χ2n) is 11.9. The lowest BCUT2D eigenvalue weighted by Crippen LogP contribution is -2.56. The Hall–Kier alpha value is -1.28. The van der Waals surface area contributed by atoms with Crippen LogP contribution in [0.2, 0.25) is 0 Å². The molecular formula is C27H36F6O2. The molecule has 2 N–H and O–H groups in total. The van der Waals surface area contributed by atoms with Gasteiger partial charge in [0.2, 0.25) is 0 Å². The Morgan fingerprint density at radius 1 is 0.971 bits per heavy atom. The maximum Gasteiger partial charge on any atom is 0.426 e. The first-order valence-electron chi connectivity index (χ1n) is 12.7. The Labute approximate surface area is 203 Å². The highest BCUT2D eigenvalue weighted by molar-refractivity contribution is 5.39. The summed E-state index contributed by atoms with van der Waals surface area (Å²) in [5, 5.41) is 19.6. The molecule has 3 fully saturated rings. The van der Waals surface area contributed by atoms with E-state index in [0.717, 1.165) is 44.6 Å². The van der Waals surface area contributed by atoms with Crippen molar-refractivity contribution in [2.45, 2.75) is 96.2 Å². The van der Waals surface area contributed by atoms with E-state index in [4.69, 9.17) is 0 Å². The number of hydrogen-bond donors (Lipinski definition) is 2. The van der Waals surface area contributed by atoms with Crippen molar-refractivity contribution in [3.63, 3.8) is 0 Å². The van der Waals surface area contributed by atoms with Crippen LogP contribution in [0.3, 0.4) is 0 Å². The van der Waals surface area contributed by atoms with Crippen LogP contribution in [0.4, 0.5) is 26.3 Å². The number of allylic oxidation sites excluding steroid dienone is 4. The van der Waals surface area contributed by atoms with Crippen molar-refractivity contribution in [1.29, 1.82) is 0 Å². The molecule has 4 aliphatic carbocycles. The van der Waals surface area contributed by atoms with E-state index in [1.165, 1.54) is 17.2 Å². The SMILES string of the molecule is C[C@H](C=CCC(O)(C(F)(F)F)C(F)(F)F)[C@H]1CC[C@H]2C3=CC=C4C[C@@H](O)CC[C@]4(C)[C@H]3CC[C@]12C. The van der Waals surface area contributed by atoms with Crippen molar-refractivity contribution < 1.29 is 36.6 Å². The highest BCUT2D eigenvalue weighted by atomic mass is 19.4. The molecule has 0 heterocycles. The van der Waals surface area contributed by atoms with Crippen LogP contribution in [0.25, 0.3) is 0 Å². The van der Waals surface area contributed by atoms with Gasteiger partial charge in [0.15, 0.2) is 0 Å². The van der Waals surface area contributed by atoms with Gasteiger partial charge in [-0.15, -0.1) is 0 Å². The molecule has 35 heavy (non-hydrogen) atoms. The number of aliphatic hydroxyl groups excluding tert-OH is 1. The maximum atomic E-state index is 13.0. The fourth-order valence-electron chi connectivity index (χ4n) is 7.87. The molecule has 0 aromatic carbocycles. The highest BCUT2D eigenvalue weighted by Crippen LogP contribution is 2.66. The molecule has 8 heteroatoms. The number of aliphatic hydroxyl groups is 2. The average Bonchev–Trinajstić information content (AvgIpc) is 3.09. The van der Waals surface area contributed by atoms with Crippen LogP contribution in [0.5, 0.6) is 0 Å². The minimum absolute atomic E-state index is 0.0495. The van der Waals surface area contributed by atoms with Crippen LogP contribution in [0, 0.1) is 34.5 Å². The Morgan fingerprint density at radius 2 is 1.63 bits per heavy atom. The zero-order chi connectivity index (χ0) is 26.0. The minimum atomic E-state index is -5.80. The second-order valence-corrected chi connectivity index (χ2v) is 11.9. The molecule has 0 bridgehead atoms. The molecule has 0 spiro atoms. The van der Waals surface area contributed by atoms with Gasteiger partial charge in [-0.25, -0.2) is 0 Å². The molecule has 0 aliphatic heterocycles. The summed E-state index contributed by atoms with van der Waals surface area (Å²) >= 11 is 0. The predicted molar refractivity (Wildman–Crippen MR) is 121 cm³/mol. The summed E-state index contributed by atoms with van der Waals surface area (Å²) in [5.74, 6) is 0.696. The average molecular weight is 507 g/mol. The first kappa shape index (κ1) is 26.8. The fourth-order valence-corrected chi connectivity index (χ4v) is 7.87. The van der Waals surface area contributed by atoms with Crippen molar-refractivity contribution in [3.05, 3.63) is 35.5 Å². The zero-order valence-electron chi connectivity index (χ0n) is 20.5. The summed E-state index contributed by atoms with van der Waals surface area (Å²) in [5.41, 5.74) is -2.01. The molecule has 4 rings (SSSR count). The van der Waals surface area contributed by atoms with Gasteiger partial charge >= 0.3 is 12.4 Å². The van der Waals surface area contributed by atoms with E-state index in [1.54, 1.807) is 0 Å². The van der Waals surface area contributed by atoms with Crippen molar-refractivity contribution in [2.75, 3.05) is 0 Å². The Bertz CT molecular complexity index is 902. The summed E-state index contributed by atoms with van der Waals surface area (Å²) in [6.45, 7) is 6.40. The summed E-state index contributed by atoms with van der Waals surface area (Å²) in [7, 11) is 0. The van der Waals surface area contributed by atoms with Gasteiger partial charge in [0, 0.05) is 6.42 Å². The second kappa shape index (κ2) is 8.64. The summed E-state index contributed by atoms with van der Waals surface area (Å²) in [6, 6.07) is 0. The third-order valence-corrected chi connectivity index (χ3v) is 10.0. The molecular weight excluding hydrogens is 470 g/mol. The first-order chi connectivity index (χ1) is 16.0. The van der Waals surface area contributed by atoms with Crippen LogP contribution < -0.4 is 0 Å². The standard InChI is InChI=1S/C27H36F6O2/c1-16(5-4-12-25(35,26(28,29)30)27(31,32)33)20-8-9-21-19-7-6-17-15-18(34)10-13-23(17,2)22(19)11-14-24(20,21)3/h4-7,16,18,20-22,34-35H,8-15H2,1-3H3/t16-,18+,20-,21+,22+,23+,24-/m1/s1. The number of alkyl halides is 6. The van der Waals surface area contributed by atoms with Crippen LogP contribution in [-0.4, -0.2) is 34.3 Å². The van der Waals surface area contributed by atoms with E-state index in [1.807, 2.05) is 6.92 Å². The lowest BCUT2D eigenvalue weighted by molar-refractivity contribution is -0.366. The van der Waals surface area contributed by atoms with Gasteiger partial charge in [-0.2, -0.15) is 26.3 Å². The quantitative estimate of drug-likeness (QED) is 0.311. The molecule has 7 atom stereocenters. The molecule has 198 valence electrons. The van der Waals surface area contributed by atoms with Crippen LogP contribution in [0.1, 0.15) is 72.1 Å². The van der Waals surface area contributed by atoms with Crippen LogP contribution >= 0.6 is 0 Å². The van der Waals surface area contributed by atoms with Crippen molar-refractivity contribution in [2.24, 2.45) is 34.5 Å². The first-order valence-corrected chi connectivity index (χ1v) is 12.7. The summed E-state index contributed by atoms with van der Waals surface area (Å²) < 4.78 is 78.0. The Balaban J connectivity index is 1.52. The molecule has 3 saturated carbocycles. The molecule has 2 nitrogen and oxygen atoms in total. The monoisotopic (exact) mass is 506 g/mol. The van der Waals surface area contributed by atoms with Gasteiger partial charge in [-0.1, -0.05) is 56.2 Å². The molecule has 0 unspecified atom stereocenters. The predicted octanol–water partition coefficient (Wildman–Crippen LogP) is 7.28. The number of rotatable bonds is 4. The van der Waals surface area contributed by atoms with Crippen molar-refractivity contribution in [3.8, 4) is 0 Å². The summed E-state index contributed by atoms with van der Waals surface area (Å²) in [4.78, 5) is 0. The summed E-state index contributed by atoms with van der Waals surface area (Å²) in [6.07, 6.45) is -0.460. The smallest absolute Gasteiger partial charge is 0.393 e. The van der Waals surface area contributed by atoms with Crippen LogP contribution in [-0.2, 0) is 0 Å². The fraction of sp³-hybridized carbons (Fsp3) is 0.778. The molecule has 0 amide bonds. The Morgan fingerprint density at radius 3 is 2.26 bits per heavy atom. The van der Waals surface area contributed by atoms with E-state index >= 15 is 0 Å². The van der Waals surface area contributed by atoms with Gasteiger partial charge < -0.3 is 10.2 Å². The third-order valence-electron chi connectivity index (χ3n) is 10.0. The number of fused-ring (bicyclic) bond motifs is 5. The van der Waals surface area contributed by atoms with Gasteiger partial charge in [0.05, 0.1) is 6.10 Å². The minimum Gasteiger partial charge on any atom is -0.393 e. The molecule has 0 aromatic rings. The van der Waals surface area contributed by atoms with E-state index in [2.05, 4.69) is 26.0 Å². The molecule has 0 saturated heterocycles. The highest BCUT2D eigenvalue weighted by Gasteiger charge is 2.69. The number of halogens is 6. The third kappa shape index (κ3) is 4.20. The van der Waals surface area contributed by atoms with Gasteiger partial charge in [0.1, 0.15) is 0 Å². The van der Waals surface area contributed by atoms with E-state index in [0.29, 0.717) is 18.3 Å². The lowest BCUT2D eigenvalue weighted by atomic mass is 9.50. The van der Waals surface area contributed by atoms with Crippen molar-refractivity contribution >= 4 is 0 Å². The van der Waals surface area contributed by atoms with Crippen molar-refractivity contribution in [1.82, 2.24) is 0 Å². The van der Waals surface area contributed by atoms with E-state index in [9.17, 15) is 36.6 Å². The van der Waals surface area contributed by atoms with Crippen LogP contribution in [0.15, 0.2) is 35.5 Å². The van der Waals surface area contributed by atoms with E-state index in [-0.39, 0.29) is 28.8 Å². The molecule has 4 aliphatic rings. The Kier molecular flexibility index (Phi) is 6.61. The van der Waals surface area contributed by atoms with E-state index < -0.39 is 24.4 Å². The molecule has 0 aromatic heterocycles. The van der Waals surface area contributed by atoms with Gasteiger partial charge in [-0.05, 0) is 79.4 Å².